The smallest absolute Gasteiger partial charge is 0.374 e. The fourth-order valence-corrected chi connectivity index (χ4v) is 2.56. The zero-order chi connectivity index (χ0) is 20.4. The van der Waals surface area contributed by atoms with Gasteiger partial charge >= 0.3 is 5.97 Å². The highest BCUT2D eigenvalue weighted by atomic mass is 16.5. The van der Waals surface area contributed by atoms with Crippen molar-refractivity contribution in [3.05, 3.63) is 47.2 Å². The van der Waals surface area contributed by atoms with Gasteiger partial charge in [-0.05, 0) is 13.8 Å². The van der Waals surface area contributed by atoms with Crippen LogP contribution in [0.15, 0.2) is 18.6 Å². The third kappa shape index (κ3) is 3.63. The van der Waals surface area contributed by atoms with Crippen molar-refractivity contribution < 1.29 is 19.1 Å². The molecule has 0 aliphatic heterocycles. The Balaban J connectivity index is 1.73. The highest BCUT2D eigenvalue weighted by Crippen LogP contribution is 2.20. The second-order valence-corrected chi connectivity index (χ2v) is 6.08. The molecule has 0 spiro atoms. The number of carbonyl (C=O) groups is 3. The van der Waals surface area contributed by atoms with E-state index in [1.807, 2.05) is 0 Å². The lowest BCUT2D eigenvalue weighted by molar-refractivity contribution is 0.0582. The molecule has 0 atom stereocenters. The minimum Gasteiger partial charge on any atom is -0.463 e. The molecule has 11 nitrogen and oxygen atoms in total. The topological polar surface area (TPSA) is 147 Å². The normalized spacial score (nSPS) is 10.6. The summed E-state index contributed by atoms with van der Waals surface area (Å²) in [5.74, 6) is -1.08. The summed E-state index contributed by atoms with van der Waals surface area (Å²) in [7, 11) is 2.86. The Morgan fingerprint density at radius 2 is 1.93 bits per heavy atom. The van der Waals surface area contributed by atoms with Crippen LogP contribution in [0.2, 0.25) is 0 Å². The number of nitrogens with one attached hydrogen (secondary N) is 4. The third-order valence-electron chi connectivity index (χ3n) is 4.02. The van der Waals surface area contributed by atoms with Gasteiger partial charge in [0.05, 0.1) is 12.8 Å². The lowest BCUT2D eigenvalue weighted by Crippen LogP contribution is -2.16. The number of anilines is 2. The van der Waals surface area contributed by atoms with Gasteiger partial charge in [-0.25, -0.2) is 14.8 Å². The molecule has 11 heteroatoms. The Hall–Kier alpha value is -3.89. The predicted octanol–water partition coefficient (Wildman–Crippen LogP) is 1.38. The molecule has 3 aromatic heterocycles. The number of aromatic nitrogens is 5. The lowest BCUT2D eigenvalue weighted by atomic mass is 10.2. The maximum atomic E-state index is 12.5. The summed E-state index contributed by atoms with van der Waals surface area (Å²) in [6, 6.07) is 0. The van der Waals surface area contributed by atoms with Crippen molar-refractivity contribution in [3.63, 3.8) is 0 Å². The molecule has 2 amide bonds. The van der Waals surface area contributed by atoms with Crippen LogP contribution >= 0.6 is 0 Å². The van der Waals surface area contributed by atoms with E-state index in [0.29, 0.717) is 11.3 Å². The van der Waals surface area contributed by atoms with E-state index in [-0.39, 0.29) is 23.2 Å². The van der Waals surface area contributed by atoms with E-state index in [1.54, 1.807) is 27.1 Å². The fourth-order valence-electron chi connectivity index (χ4n) is 2.56. The Morgan fingerprint density at radius 1 is 1.18 bits per heavy atom. The molecule has 0 fully saturated rings. The van der Waals surface area contributed by atoms with Gasteiger partial charge in [-0.15, -0.1) is 0 Å². The van der Waals surface area contributed by atoms with Gasteiger partial charge in [0.25, 0.3) is 11.8 Å². The van der Waals surface area contributed by atoms with Crippen LogP contribution < -0.4 is 10.6 Å². The van der Waals surface area contributed by atoms with Crippen molar-refractivity contribution in [2.45, 2.75) is 13.8 Å². The summed E-state index contributed by atoms with van der Waals surface area (Å²) in [6.07, 6.45) is 4.55. The molecule has 28 heavy (non-hydrogen) atoms. The molecule has 0 radical (unpaired) electrons. The first-order valence-corrected chi connectivity index (χ1v) is 8.24. The quantitative estimate of drug-likeness (QED) is 0.488. The van der Waals surface area contributed by atoms with Crippen LogP contribution in [0.1, 0.15) is 43.0 Å². The second kappa shape index (κ2) is 7.39. The van der Waals surface area contributed by atoms with Crippen molar-refractivity contribution in [1.29, 1.82) is 0 Å². The molecule has 0 aromatic carbocycles. The molecule has 0 saturated heterocycles. The molecule has 146 valence electrons. The Bertz CT molecular complexity index is 1060. The van der Waals surface area contributed by atoms with Gasteiger partial charge < -0.3 is 29.9 Å². The average Bonchev–Trinajstić information content (AvgIpc) is 3.34. The second-order valence-electron chi connectivity index (χ2n) is 6.08. The largest absolute Gasteiger partial charge is 0.463 e. The van der Waals surface area contributed by atoms with Crippen molar-refractivity contribution >= 4 is 29.3 Å². The average molecular weight is 385 g/mol. The fraction of sp³-hybridized carbons (Fsp3) is 0.235. The molecule has 3 rings (SSSR count). The maximum Gasteiger partial charge on any atom is 0.374 e. The zero-order valence-electron chi connectivity index (χ0n) is 15.7. The molecule has 4 N–H and O–H groups in total. The Morgan fingerprint density at radius 3 is 2.57 bits per heavy atom. The number of hydrogen-bond donors (Lipinski definition) is 4. The predicted molar refractivity (Wildman–Crippen MR) is 99.3 cm³/mol. The van der Waals surface area contributed by atoms with Gasteiger partial charge in [0.1, 0.15) is 5.69 Å². The van der Waals surface area contributed by atoms with Crippen LogP contribution in [0.3, 0.4) is 0 Å². The van der Waals surface area contributed by atoms with E-state index in [9.17, 15) is 14.4 Å². The van der Waals surface area contributed by atoms with Crippen LogP contribution in [-0.4, -0.2) is 49.4 Å². The van der Waals surface area contributed by atoms with E-state index in [1.165, 1.54) is 24.1 Å². The van der Waals surface area contributed by atoms with E-state index >= 15 is 0 Å². The number of hydrogen-bond acceptors (Lipinski definition) is 6. The van der Waals surface area contributed by atoms with Crippen molar-refractivity contribution in [2.75, 3.05) is 17.7 Å². The number of imidazole rings is 2. The van der Waals surface area contributed by atoms with Crippen LogP contribution in [0.5, 0.6) is 0 Å². The molecule has 0 aliphatic rings. The van der Waals surface area contributed by atoms with Crippen molar-refractivity contribution in [2.24, 2.45) is 7.05 Å². The summed E-state index contributed by atoms with van der Waals surface area (Å²) in [4.78, 5) is 50.0. The van der Waals surface area contributed by atoms with Gasteiger partial charge in [0, 0.05) is 36.9 Å². The molecular formula is C17H19N7O4. The minimum atomic E-state index is -0.614. The number of aryl methyl sites for hydroxylation is 2. The molecule has 3 aromatic rings. The molecule has 0 unspecified atom stereocenters. The number of ether oxygens (including phenoxy) is 1. The molecule has 0 saturated carbocycles. The van der Waals surface area contributed by atoms with Gasteiger partial charge in [-0.2, -0.15) is 0 Å². The number of rotatable bonds is 5. The summed E-state index contributed by atoms with van der Waals surface area (Å²) in [5, 5.41) is 5.29. The minimum absolute atomic E-state index is 0.0581. The monoisotopic (exact) mass is 385 g/mol. The third-order valence-corrected chi connectivity index (χ3v) is 4.02. The van der Waals surface area contributed by atoms with Crippen LogP contribution in [0.25, 0.3) is 0 Å². The summed E-state index contributed by atoms with van der Waals surface area (Å²) in [5.41, 5.74) is 1.99. The van der Waals surface area contributed by atoms with Crippen LogP contribution in [-0.2, 0) is 11.8 Å². The lowest BCUT2D eigenvalue weighted by Gasteiger charge is -2.04. The van der Waals surface area contributed by atoms with E-state index in [2.05, 4.69) is 35.3 Å². The number of nitrogens with zero attached hydrogens (tertiary/aromatic N) is 3. The first kappa shape index (κ1) is 18.9. The summed E-state index contributed by atoms with van der Waals surface area (Å²) < 4.78 is 6.07. The van der Waals surface area contributed by atoms with Crippen molar-refractivity contribution in [3.8, 4) is 0 Å². The highest BCUT2D eigenvalue weighted by Gasteiger charge is 2.20. The summed E-state index contributed by atoms with van der Waals surface area (Å²) in [6.45, 7) is 3.48. The van der Waals surface area contributed by atoms with Crippen LogP contribution in [0.4, 0.5) is 11.5 Å². The van der Waals surface area contributed by atoms with Gasteiger partial charge in [-0.3, -0.25) is 9.59 Å². The highest BCUT2D eigenvalue weighted by molar-refractivity contribution is 6.07. The van der Waals surface area contributed by atoms with Crippen LogP contribution in [0, 0.1) is 13.8 Å². The Kier molecular flexibility index (Phi) is 4.98. The first-order chi connectivity index (χ1) is 13.3. The van der Waals surface area contributed by atoms with Gasteiger partial charge in [-0.1, -0.05) is 0 Å². The maximum absolute atomic E-state index is 12.5. The van der Waals surface area contributed by atoms with E-state index < -0.39 is 17.8 Å². The summed E-state index contributed by atoms with van der Waals surface area (Å²) >= 11 is 0. The van der Waals surface area contributed by atoms with Crippen molar-refractivity contribution in [1.82, 2.24) is 24.5 Å². The molecule has 3 heterocycles. The van der Waals surface area contributed by atoms with E-state index in [0.717, 1.165) is 5.69 Å². The first-order valence-electron chi connectivity index (χ1n) is 8.24. The van der Waals surface area contributed by atoms with Gasteiger partial charge in [0.2, 0.25) is 5.82 Å². The molecule has 0 bridgehead atoms. The number of carbonyl (C=O) groups excluding carboxylic acids is 3. The number of esters is 1. The Labute approximate surface area is 159 Å². The molecule has 0 aliphatic carbocycles. The number of methoxy groups -OCH3 is 1. The zero-order valence-corrected chi connectivity index (χ0v) is 15.7. The number of amides is 2. The van der Waals surface area contributed by atoms with Gasteiger partial charge in [0.15, 0.2) is 11.6 Å². The number of aromatic amines is 2. The SMILES string of the molecule is COC(=O)c1nc(NC(=O)c2[nH]cc(NC(=O)c3ncc(C)[nH]3)c2C)cn1C. The van der Waals surface area contributed by atoms with E-state index in [4.69, 9.17) is 0 Å². The number of H-pyrrole nitrogens is 2. The molecular weight excluding hydrogens is 366 g/mol. The standard InChI is InChI=1S/C17H19N7O4/c1-8-5-19-13(20-8)16(26)21-10-6-18-12(9(10)2)15(25)23-11-7-24(3)14(22-11)17(27)28-4/h5-7,18H,1-4H3,(H,19,20)(H,21,26)(H,23,25).